The average Bonchev–Trinajstić information content (AvgIpc) is 2.82. The Kier molecular flexibility index (Phi) is 5.30. The second kappa shape index (κ2) is 6.54. The van der Waals surface area contributed by atoms with Gasteiger partial charge in [-0.1, -0.05) is 13.8 Å². The normalized spacial score (nSPS) is 13.0. The van der Waals surface area contributed by atoms with Crippen molar-refractivity contribution < 1.29 is 19.1 Å². The van der Waals surface area contributed by atoms with Crippen LogP contribution in [-0.2, 0) is 9.59 Å². The van der Waals surface area contributed by atoms with Gasteiger partial charge in [0.25, 0.3) is 0 Å². The highest BCUT2D eigenvalue weighted by molar-refractivity contribution is 5.85. The molecular formula is C14H22N2O4. The number of oxazole rings is 1. The van der Waals surface area contributed by atoms with Gasteiger partial charge in [0, 0.05) is 6.42 Å². The summed E-state index contributed by atoms with van der Waals surface area (Å²) in [5.74, 6) is -0.149. The van der Waals surface area contributed by atoms with E-state index in [1.165, 1.54) is 0 Å². The van der Waals surface area contributed by atoms with Crippen molar-refractivity contribution in [3.8, 4) is 0 Å². The molecule has 1 atom stereocenters. The zero-order valence-electron chi connectivity index (χ0n) is 12.4. The number of carboxylic acid groups (broad SMARTS) is 1. The van der Waals surface area contributed by atoms with Gasteiger partial charge in [0.05, 0.1) is 11.6 Å². The van der Waals surface area contributed by atoms with E-state index in [9.17, 15) is 14.7 Å². The summed E-state index contributed by atoms with van der Waals surface area (Å²) in [7, 11) is 0. The fourth-order valence-electron chi connectivity index (χ4n) is 2.11. The minimum Gasteiger partial charge on any atom is -0.481 e. The number of carboxylic acids is 1. The Balaban J connectivity index is 2.69. The van der Waals surface area contributed by atoms with Crippen LogP contribution in [0.1, 0.15) is 57.7 Å². The Morgan fingerprint density at radius 2 is 2.05 bits per heavy atom. The molecule has 6 nitrogen and oxygen atoms in total. The van der Waals surface area contributed by atoms with E-state index in [2.05, 4.69) is 10.3 Å². The third kappa shape index (κ3) is 3.59. The van der Waals surface area contributed by atoms with Gasteiger partial charge in [0.15, 0.2) is 0 Å². The molecule has 0 saturated carbocycles. The summed E-state index contributed by atoms with van der Waals surface area (Å²) in [5, 5.41) is 12.0. The van der Waals surface area contributed by atoms with Crippen LogP contribution in [-0.4, -0.2) is 22.0 Å². The number of aromatic nitrogens is 1. The van der Waals surface area contributed by atoms with Crippen molar-refractivity contribution in [3.63, 3.8) is 0 Å². The van der Waals surface area contributed by atoms with Crippen molar-refractivity contribution in [3.05, 3.63) is 17.8 Å². The molecule has 1 aromatic heterocycles. The van der Waals surface area contributed by atoms with Crippen molar-refractivity contribution in [1.82, 2.24) is 10.3 Å². The summed E-state index contributed by atoms with van der Waals surface area (Å²) in [5.41, 5.74) is -1.00. The standard InChI is InChI=1S/C14H22N2O4/c1-5-14(6-2,13(18)19)7-11(17)16-10(4)12-15-8-9(3)20-12/h8,10H,5-7H2,1-4H3,(H,16,17)(H,18,19). The van der Waals surface area contributed by atoms with Crippen molar-refractivity contribution in [2.24, 2.45) is 5.41 Å². The summed E-state index contributed by atoms with van der Waals surface area (Å²) in [6, 6.07) is -0.378. The molecule has 0 fully saturated rings. The molecular weight excluding hydrogens is 260 g/mol. The molecule has 0 aliphatic rings. The van der Waals surface area contributed by atoms with Crippen molar-refractivity contribution >= 4 is 11.9 Å². The van der Waals surface area contributed by atoms with Crippen LogP contribution in [0.5, 0.6) is 0 Å². The second-order valence-electron chi connectivity index (χ2n) is 5.07. The molecule has 1 rings (SSSR count). The average molecular weight is 282 g/mol. The predicted octanol–water partition coefficient (Wildman–Crippen LogP) is 2.44. The van der Waals surface area contributed by atoms with Crippen LogP contribution in [0.15, 0.2) is 10.6 Å². The first-order valence-electron chi connectivity index (χ1n) is 6.79. The Hall–Kier alpha value is -1.85. The first-order chi connectivity index (χ1) is 9.34. The van der Waals surface area contributed by atoms with Gasteiger partial charge in [-0.2, -0.15) is 0 Å². The van der Waals surface area contributed by atoms with Crippen LogP contribution in [0.2, 0.25) is 0 Å². The largest absolute Gasteiger partial charge is 0.481 e. The van der Waals surface area contributed by atoms with E-state index in [-0.39, 0.29) is 18.4 Å². The maximum Gasteiger partial charge on any atom is 0.310 e. The summed E-state index contributed by atoms with van der Waals surface area (Å²) < 4.78 is 5.33. The van der Waals surface area contributed by atoms with Gasteiger partial charge in [0.2, 0.25) is 11.8 Å². The van der Waals surface area contributed by atoms with Crippen LogP contribution in [0.3, 0.4) is 0 Å². The molecule has 0 aromatic carbocycles. The molecule has 20 heavy (non-hydrogen) atoms. The van der Waals surface area contributed by atoms with Gasteiger partial charge in [-0.15, -0.1) is 0 Å². The van der Waals surface area contributed by atoms with Gasteiger partial charge in [-0.3, -0.25) is 9.59 Å². The highest BCUT2D eigenvalue weighted by Crippen LogP contribution is 2.31. The summed E-state index contributed by atoms with van der Waals surface area (Å²) >= 11 is 0. The lowest BCUT2D eigenvalue weighted by Crippen LogP contribution is -2.37. The predicted molar refractivity (Wildman–Crippen MR) is 73.1 cm³/mol. The minimum absolute atomic E-state index is 0.0423. The lowest BCUT2D eigenvalue weighted by Gasteiger charge is -2.26. The molecule has 1 amide bonds. The zero-order valence-corrected chi connectivity index (χ0v) is 12.4. The third-order valence-corrected chi connectivity index (χ3v) is 3.69. The van der Waals surface area contributed by atoms with Crippen LogP contribution in [0, 0.1) is 12.3 Å². The number of carbonyl (C=O) groups excluding carboxylic acids is 1. The lowest BCUT2D eigenvalue weighted by molar-refractivity contribution is -0.152. The number of rotatable bonds is 7. The molecule has 1 aromatic rings. The van der Waals surface area contributed by atoms with Crippen LogP contribution in [0.4, 0.5) is 0 Å². The number of hydrogen-bond donors (Lipinski definition) is 2. The van der Waals surface area contributed by atoms with E-state index in [4.69, 9.17) is 4.42 Å². The molecule has 2 N–H and O–H groups in total. The number of hydrogen-bond acceptors (Lipinski definition) is 4. The molecule has 0 bridgehead atoms. The highest BCUT2D eigenvalue weighted by atomic mass is 16.4. The second-order valence-corrected chi connectivity index (χ2v) is 5.07. The fraction of sp³-hybridized carbons (Fsp3) is 0.643. The summed E-state index contributed by atoms with van der Waals surface area (Å²) in [6.45, 7) is 7.09. The van der Waals surface area contributed by atoms with E-state index >= 15 is 0 Å². The first-order valence-corrected chi connectivity index (χ1v) is 6.79. The van der Waals surface area contributed by atoms with E-state index in [1.807, 2.05) is 0 Å². The number of carbonyl (C=O) groups is 2. The zero-order chi connectivity index (χ0) is 15.3. The van der Waals surface area contributed by atoms with Crippen LogP contribution in [0.25, 0.3) is 0 Å². The molecule has 0 aliphatic carbocycles. The van der Waals surface area contributed by atoms with Gasteiger partial charge in [-0.25, -0.2) is 4.98 Å². The molecule has 6 heteroatoms. The van der Waals surface area contributed by atoms with Gasteiger partial charge in [0.1, 0.15) is 11.8 Å². The Morgan fingerprint density at radius 3 is 2.45 bits per heavy atom. The number of aryl methyl sites for hydroxylation is 1. The van der Waals surface area contributed by atoms with Gasteiger partial charge < -0.3 is 14.8 Å². The molecule has 0 saturated heterocycles. The molecule has 0 spiro atoms. The van der Waals surface area contributed by atoms with Crippen LogP contribution < -0.4 is 5.32 Å². The number of nitrogens with zero attached hydrogens (tertiary/aromatic N) is 1. The molecule has 1 unspecified atom stereocenters. The van der Waals surface area contributed by atoms with E-state index < -0.39 is 11.4 Å². The highest BCUT2D eigenvalue weighted by Gasteiger charge is 2.37. The number of amides is 1. The van der Waals surface area contributed by atoms with Crippen molar-refractivity contribution in [2.45, 2.75) is 53.0 Å². The maximum atomic E-state index is 12.0. The quantitative estimate of drug-likeness (QED) is 0.801. The van der Waals surface area contributed by atoms with Gasteiger partial charge in [-0.05, 0) is 26.7 Å². The number of aliphatic carboxylic acids is 1. The summed E-state index contributed by atoms with van der Waals surface area (Å²) in [6.07, 6.45) is 2.37. The SMILES string of the molecule is CCC(CC)(CC(=O)NC(C)c1ncc(C)o1)C(=O)O. The Labute approximate surface area is 118 Å². The van der Waals surface area contributed by atoms with Crippen molar-refractivity contribution in [2.75, 3.05) is 0 Å². The number of nitrogens with one attached hydrogen (secondary N) is 1. The van der Waals surface area contributed by atoms with Gasteiger partial charge >= 0.3 is 5.97 Å². The molecule has 1 heterocycles. The molecule has 112 valence electrons. The third-order valence-electron chi connectivity index (χ3n) is 3.69. The maximum absolute atomic E-state index is 12.0. The monoisotopic (exact) mass is 282 g/mol. The smallest absolute Gasteiger partial charge is 0.310 e. The van der Waals surface area contributed by atoms with Crippen molar-refractivity contribution in [1.29, 1.82) is 0 Å². The molecule has 0 aliphatic heterocycles. The van der Waals surface area contributed by atoms with E-state index in [0.717, 1.165) is 0 Å². The first kappa shape index (κ1) is 16.2. The van der Waals surface area contributed by atoms with E-state index in [0.29, 0.717) is 24.5 Å². The Bertz CT molecular complexity index is 477. The Morgan fingerprint density at radius 1 is 1.45 bits per heavy atom. The van der Waals surface area contributed by atoms with Crippen LogP contribution >= 0.6 is 0 Å². The van der Waals surface area contributed by atoms with E-state index in [1.54, 1.807) is 33.9 Å². The molecule has 0 radical (unpaired) electrons. The minimum atomic E-state index is -1.00. The topological polar surface area (TPSA) is 92.4 Å². The fourth-order valence-corrected chi connectivity index (χ4v) is 2.11. The summed E-state index contributed by atoms with van der Waals surface area (Å²) in [4.78, 5) is 27.4. The lowest BCUT2D eigenvalue weighted by atomic mass is 9.79.